The van der Waals surface area contributed by atoms with Gasteiger partial charge in [0.15, 0.2) is 0 Å². The maximum Gasteiger partial charge on any atom is 0.137 e. The normalized spacial score (nSPS) is 13.6. The van der Waals surface area contributed by atoms with Gasteiger partial charge in [-0.2, -0.15) is 0 Å². The van der Waals surface area contributed by atoms with Crippen molar-refractivity contribution in [3.8, 4) is 22.5 Å². The van der Waals surface area contributed by atoms with Crippen molar-refractivity contribution in [3.05, 3.63) is 102 Å². The second kappa shape index (κ2) is 7.45. The molecule has 28 heavy (non-hydrogen) atoms. The Balaban J connectivity index is 1.25. The molecule has 4 aromatic rings. The molecule has 1 aromatic heterocycles. The van der Waals surface area contributed by atoms with E-state index >= 15 is 0 Å². The Morgan fingerprint density at radius 3 is 2.29 bits per heavy atom. The lowest BCUT2D eigenvalue weighted by Crippen LogP contribution is -2.28. The first kappa shape index (κ1) is 17.0. The monoisotopic (exact) mass is 365 g/mol. The Morgan fingerprint density at radius 2 is 1.57 bits per heavy atom. The number of rotatable bonds is 5. The Morgan fingerprint density at radius 1 is 0.821 bits per heavy atom. The Labute approximate surface area is 165 Å². The first-order valence-corrected chi connectivity index (χ1v) is 9.84. The van der Waals surface area contributed by atoms with E-state index in [-0.39, 0.29) is 0 Å². The molecule has 3 nitrogen and oxygen atoms in total. The van der Waals surface area contributed by atoms with Gasteiger partial charge in [0.2, 0.25) is 0 Å². The zero-order chi connectivity index (χ0) is 18.8. The third kappa shape index (κ3) is 3.49. The summed E-state index contributed by atoms with van der Waals surface area (Å²) in [4.78, 5) is 7.52. The minimum Gasteiger partial charge on any atom is -0.345 e. The lowest BCUT2D eigenvalue weighted by Gasteiger charge is -2.12. The molecule has 3 aromatic carbocycles. The van der Waals surface area contributed by atoms with Gasteiger partial charge in [-0.25, -0.2) is 4.98 Å². The first-order chi connectivity index (χ1) is 13.8. The lowest BCUT2D eigenvalue weighted by atomic mass is 10.0. The summed E-state index contributed by atoms with van der Waals surface area (Å²) in [5.74, 6) is 0.903. The van der Waals surface area contributed by atoms with Crippen LogP contribution in [0, 0.1) is 0 Å². The van der Waals surface area contributed by atoms with Crippen LogP contribution in [0.2, 0.25) is 0 Å². The molecule has 1 aliphatic rings. The number of imidazole rings is 1. The van der Waals surface area contributed by atoms with E-state index in [9.17, 15) is 0 Å². The van der Waals surface area contributed by atoms with E-state index in [1.54, 1.807) is 6.20 Å². The highest BCUT2D eigenvalue weighted by Crippen LogP contribution is 2.25. The van der Waals surface area contributed by atoms with E-state index in [4.69, 9.17) is 0 Å². The maximum atomic E-state index is 4.35. The summed E-state index contributed by atoms with van der Waals surface area (Å²) < 4.78 is 0. The molecule has 0 atom stereocenters. The minimum absolute atomic E-state index is 0.544. The number of fused-ring (bicyclic) bond motifs is 1. The Bertz CT molecular complexity index is 1040. The van der Waals surface area contributed by atoms with Gasteiger partial charge >= 0.3 is 0 Å². The van der Waals surface area contributed by atoms with E-state index < -0.39 is 0 Å². The van der Waals surface area contributed by atoms with Gasteiger partial charge in [-0.1, -0.05) is 66.7 Å². The summed E-state index contributed by atoms with van der Waals surface area (Å²) >= 11 is 0. The summed E-state index contributed by atoms with van der Waals surface area (Å²) in [5, 5.41) is 3.72. The van der Waals surface area contributed by atoms with E-state index in [1.165, 1.54) is 27.8 Å². The number of hydrogen-bond donors (Lipinski definition) is 2. The van der Waals surface area contributed by atoms with Crippen LogP contribution in [0.15, 0.2) is 85.2 Å². The number of nitrogens with one attached hydrogen (secondary N) is 2. The number of aromatic nitrogens is 2. The number of aromatic amines is 1. The van der Waals surface area contributed by atoms with Crippen LogP contribution in [0.1, 0.15) is 16.7 Å². The van der Waals surface area contributed by atoms with Crippen molar-refractivity contribution >= 4 is 0 Å². The fourth-order valence-electron chi connectivity index (χ4n) is 4.05. The summed E-state index contributed by atoms with van der Waals surface area (Å²) in [6, 6.07) is 26.7. The highest BCUT2D eigenvalue weighted by molar-refractivity contribution is 5.70. The molecular weight excluding hydrogens is 342 g/mol. The standard InChI is InChI=1S/C25H23N3/c1-2-5-22-16-24(15-21(22)4-1)28-17-18-8-10-19(11-9-18)20-6-3-7-23(14-20)25-26-12-13-27-25/h1-14,24,28H,15-17H2,(H,26,27). The lowest BCUT2D eigenvalue weighted by molar-refractivity contribution is 0.533. The van der Waals surface area contributed by atoms with Crippen LogP contribution >= 0.6 is 0 Å². The SMILES string of the molecule is c1cc(-c2ccc(CNC3Cc4ccccc4C3)cc2)cc(-c2ncc[nH]2)c1. The Hall–Kier alpha value is -3.17. The molecule has 1 heterocycles. The summed E-state index contributed by atoms with van der Waals surface area (Å²) in [5.41, 5.74) is 7.85. The van der Waals surface area contributed by atoms with Gasteiger partial charge in [0.1, 0.15) is 5.82 Å². The van der Waals surface area contributed by atoms with E-state index in [0.29, 0.717) is 6.04 Å². The third-order valence-electron chi connectivity index (χ3n) is 5.57. The van der Waals surface area contributed by atoms with Crippen molar-refractivity contribution in [1.29, 1.82) is 0 Å². The van der Waals surface area contributed by atoms with Crippen LogP contribution in [-0.2, 0) is 19.4 Å². The van der Waals surface area contributed by atoms with Crippen molar-refractivity contribution in [2.75, 3.05) is 0 Å². The number of benzene rings is 3. The molecule has 0 amide bonds. The fourth-order valence-corrected chi connectivity index (χ4v) is 4.05. The number of hydrogen-bond acceptors (Lipinski definition) is 2. The summed E-state index contributed by atoms with van der Waals surface area (Å²) in [6.07, 6.45) is 5.90. The van der Waals surface area contributed by atoms with Crippen molar-refractivity contribution in [2.45, 2.75) is 25.4 Å². The van der Waals surface area contributed by atoms with Crippen molar-refractivity contribution in [2.24, 2.45) is 0 Å². The van der Waals surface area contributed by atoms with Gasteiger partial charge in [-0.3, -0.25) is 0 Å². The van der Waals surface area contributed by atoms with Gasteiger partial charge in [-0.15, -0.1) is 0 Å². The third-order valence-corrected chi connectivity index (χ3v) is 5.57. The predicted octanol–water partition coefficient (Wildman–Crippen LogP) is 5.00. The van der Waals surface area contributed by atoms with Gasteiger partial charge < -0.3 is 10.3 Å². The molecule has 0 saturated heterocycles. The molecule has 0 radical (unpaired) electrons. The molecule has 0 saturated carbocycles. The second-order valence-corrected chi connectivity index (χ2v) is 7.47. The van der Waals surface area contributed by atoms with Gasteiger partial charge in [0, 0.05) is 30.5 Å². The van der Waals surface area contributed by atoms with E-state index in [1.807, 2.05) is 6.20 Å². The van der Waals surface area contributed by atoms with Crippen LogP contribution < -0.4 is 5.32 Å². The molecule has 0 bridgehead atoms. The summed E-state index contributed by atoms with van der Waals surface area (Å²) in [7, 11) is 0. The highest BCUT2D eigenvalue weighted by atomic mass is 14.9. The average Bonchev–Trinajstić information content (AvgIpc) is 3.42. The largest absolute Gasteiger partial charge is 0.345 e. The molecule has 3 heteroatoms. The van der Waals surface area contributed by atoms with Gasteiger partial charge in [0.05, 0.1) is 0 Å². The molecule has 0 fully saturated rings. The number of H-pyrrole nitrogens is 1. The average molecular weight is 365 g/mol. The molecule has 0 unspecified atom stereocenters. The zero-order valence-electron chi connectivity index (χ0n) is 15.7. The molecule has 1 aliphatic carbocycles. The van der Waals surface area contributed by atoms with Crippen LogP contribution in [0.3, 0.4) is 0 Å². The molecule has 138 valence electrons. The molecular formula is C25H23N3. The molecule has 5 rings (SSSR count). The van der Waals surface area contributed by atoms with Crippen LogP contribution in [0.5, 0.6) is 0 Å². The van der Waals surface area contributed by atoms with Crippen molar-refractivity contribution in [1.82, 2.24) is 15.3 Å². The quantitative estimate of drug-likeness (QED) is 0.522. The smallest absolute Gasteiger partial charge is 0.137 e. The van der Waals surface area contributed by atoms with Gasteiger partial charge in [-0.05, 0) is 46.7 Å². The van der Waals surface area contributed by atoms with Crippen LogP contribution in [-0.4, -0.2) is 16.0 Å². The molecule has 2 N–H and O–H groups in total. The maximum absolute atomic E-state index is 4.35. The van der Waals surface area contributed by atoms with E-state index in [0.717, 1.165) is 30.8 Å². The van der Waals surface area contributed by atoms with Crippen LogP contribution in [0.4, 0.5) is 0 Å². The van der Waals surface area contributed by atoms with Crippen molar-refractivity contribution in [3.63, 3.8) is 0 Å². The Kier molecular flexibility index (Phi) is 4.51. The number of nitrogens with zero attached hydrogens (tertiary/aromatic N) is 1. The van der Waals surface area contributed by atoms with Crippen LogP contribution in [0.25, 0.3) is 22.5 Å². The van der Waals surface area contributed by atoms with Gasteiger partial charge in [0.25, 0.3) is 0 Å². The van der Waals surface area contributed by atoms with E-state index in [2.05, 4.69) is 88.1 Å². The zero-order valence-corrected chi connectivity index (χ0v) is 15.7. The molecule has 0 spiro atoms. The first-order valence-electron chi connectivity index (χ1n) is 9.84. The fraction of sp³-hybridized carbons (Fsp3) is 0.160. The minimum atomic E-state index is 0.544. The van der Waals surface area contributed by atoms with Crippen molar-refractivity contribution < 1.29 is 0 Å². The summed E-state index contributed by atoms with van der Waals surface area (Å²) in [6.45, 7) is 0.908. The topological polar surface area (TPSA) is 40.7 Å². The molecule has 0 aliphatic heterocycles. The highest BCUT2D eigenvalue weighted by Gasteiger charge is 2.19. The predicted molar refractivity (Wildman–Crippen MR) is 114 cm³/mol. The second-order valence-electron chi connectivity index (χ2n) is 7.47.